The molecule has 1 saturated heterocycles. The van der Waals surface area contributed by atoms with Gasteiger partial charge in [-0.05, 0) is 69.5 Å². The van der Waals surface area contributed by atoms with E-state index in [1.807, 2.05) is 0 Å². The van der Waals surface area contributed by atoms with Crippen LogP contribution in [0.15, 0.2) is 47.6 Å². The van der Waals surface area contributed by atoms with Crippen LogP contribution in [0.4, 0.5) is 21.6 Å². The number of rotatable bonds is 9. The van der Waals surface area contributed by atoms with Crippen LogP contribution in [0.5, 0.6) is 0 Å². The zero-order valence-corrected chi connectivity index (χ0v) is 25.1. The summed E-state index contributed by atoms with van der Waals surface area (Å²) in [7, 11) is 2.25. The number of pyridine rings is 1. The maximum atomic E-state index is 14.6. The van der Waals surface area contributed by atoms with Crippen molar-refractivity contribution < 1.29 is 14.3 Å². The maximum Gasteiger partial charge on any atom is 0.228 e. The highest BCUT2D eigenvalue weighted by Gasteiger charge is 2.48. The molecule has 2 aliphatic carbocycles. The number of aliphatic hydroxyl groups is 1. The molecule has 12 heteroatoms. The standard InChI is InChI=1S/C30H35ClFN7O2S/c1-38-9-10-39(18-30(38)6-2-7-30)22-13-19(14-22)28(41)35-27-16-21(5-8-33-27)34-26-17-25(36-37-29(26)42-12-11-40)23-15-20(31)3-4-24(23)32/h3-5,8,15-17,19,22,40H,2,6-7,9-14,18H2,1H3,(H2,33,34,35,36,41). The van der Waals surface area contributed by atoms with Crippen molar-refractivity contribution in [1.82, 2.24) is 25.0 Å². The molecule has 1 aliphatic heterocycles. The largest absolute Gasteiger partial charge is 0.396 e. The van der Waals surface area contributed by atoms with Gasteiger partial charge in [0.15, 0.2) is 0 Å². The van der Waals surface area contributed by atoms with Crippen LogP contribution < -0.4 is 10.6 Å². The van der Waals surface area contributed by atoms with Gasteiger partial charge >= 0.3 is 0 Å². The predicted octanol–water partition coefficient (Wildman–Crippen LogP) is 5.05. The van der Waals surface area contributed by atoms with E-state index in [9.17, 15) is 14.3 Å². The molecule has 1 aromatic carbocycles. The second-order valence-electron chi connectivity index (χ2n) is 11.5. The number of likely N-dealkylation sites (N-methyl/N-ethyl adjacent to an activating group) is 1. The summed E-state index contributed by atoms with van der Waals surface area (Å²) in [6.45, 7) is 3.26. The molecule has 3 fully saturated rings. The summed E-state index contributed by atoms with van der Waals surface area (Å²) >= 11 is 7.42. The molecule has 3 aliphatic rings. The van der Waals surface area contributed by atoms with Crippen molar-refractivity contribution in [3.05, 3.63) is 53.4 Å². The highest BCUT2D eigenvalue weighted by atomic mass is 35.5. The van der Waals surface area contributed by atoms with E-state index in [-0.39, 0.29) is 24.0 Å². The fraction of sp³-hybridized carbons (Fsp3) is 0.467. The number of nitrogens with zero attached hydrogens (tertiary/aromatic N) is 5. The van der Waals surface area contributed by atoms with Crippen LogP contribution in [-0.2, 0) is 4.79 Å². The van der Waals surface area contributed by atoms with E-state index < -0.39 is 5.82 Å². The Balaban J connectivity index is 1.11. The van der Waals surface area contributed by atoms with Crippen LogP contribution in [0, 0.1) is 11.7 Å². The first-order valence-corrected chi connectivity index (χ1v) is 15.8. The molecule has 1 spiro atoms. The second kappa shape index (κ2) is 12.4. The van der Waals surface area contributed by atoms with Gasteiger partial charge in [0.25, 0.3) is 0 Å². The lowest BCUT2D eigenvalue weighted by atomic mass is 9.72. The Bertz CT molecular complexity index is 1450. The minimum absolute atomic E-state index is 0.00753. The fourth-order valence-corrected chi connectivity index (χ4v) is 6.96. The normalized spacial score (nSPS) is 21.9. The lowest BCUT2D eigenvalue weighted by Crippen LogP contribution is -2.67. The van der Waals surface area contributed by atoms with Gasteiger partial charge in [-0.25, -0.2) is 9.37 Å². The van der Waals surface area contributed by atoms with E-state index in [0.717, 1.165) is 32.5 Å². The van der Waals surface area contributed by atoms with Gasteiger partial charge in [-0.15, -0.1) is 22.0 Å². The number of amides is 1. The number of aliphatic hydroxyl groups excluding tert-OH is 1. The van der Waals surface area contributed by atoms with Gasteiger partial charge in [-0.2, -0.15) is 0 Å². The van der Waals surface area contributed by atoms with Gasteiger partial charge < -0.3 is 15.7 Å². The quantitative estimate of drug-likeness (QED) is 0.287. The Morgan fingerprint density at radius 3 is 2.79 bits per heavy atom. The highest BCUT2D eigenvalue weighted by Crippen LogP contribution is 2.42. The van der Waals surface area contributed by atoms with Crippen molar-refractivity contribution in [3.63, 3.8) is 0 Å². The van der Waals surface area contributed by atoms with E-state index in [2.05, 4.69) is 42.7 Å². The van der Waals surface area contributed by atoms with Gasteiger partial charge in [0.05, 0.1) is 18.0 Å². The smallest absolute Gasteiger partial charge is 0.228 e. The molecule has 2 aromatic heterocycles. The zero-order valence-electron chi connectivity index (χ0n) is 23.5. The van der Waals surface area contributed by atoms with Gasteiger partial charge in [-0.1, -0.05) is 11.6 Å². The number of carbonyl (C=O) groups excluding carboxylic acids is 1. The topological polar surface area (TPSA) is 107 Å². The Morgan fingerprint density at radius 2 is 2.02 bits per heavy atom. The average Bonchev–Trinajstić information content (AvgIpc) is 2.93. The number of nitrogens with one attached hydrogen (secondary N) is 2. The van der Waals surface area contributed by atoms with Crippen LogP contribution in [0.3, 0.4) is 0 Å². The van der Waals surface area contributed by atoms with Crippen LogP contribution >= 0.6 is 23.4 Å². The third kappa shape index (κ3) is 6.12. The van der Waals surface area contributed by atoms with Crippen LogP contribution in [-0.4, -0.2) is 86.6 Å². The Hall–Kier alpha value is -2.83. The summed E-state index contributed by atoms with van der Waals surface area (Å²) in [4.78, 5) is 22.6. The monoisotopic (exact) mass is 611 g/mol. The van der Waals surface area contributed by atoms with Gasteiger partial charge in [0.1, 0.15) is 16.7 Å². The summed E-state index contributed by atoms with van der Waals surface area (Å²) in [5.74, 6) is 0.383. The van der Waals surface area contributed by atoms with Crippen LogP contribution in [0.2, 0.25) is 5.02 Å². The summed E-state index contributed by atoms with van der Waals surface area (Å²) in [5, 5.41) is 25.0. The first kappa shape index (κ1) is 29.3. The van der Waals surface area contributed by atoms with E-state index >= 15 is 0 Å². The van der Waals surface area contributed by atoms with Gasteiger partial charge in [0, 0.05) is 71.4 Å². The van der Waals surface area contributed by atoms with Crippen molar-refractivity contribution in [2.45, 2.75) is 48.7 Å². The van der Waals surface area contributed by atoms with E-state index in [1.54, 1.807) is 24.4 Å². The number of aromatic nitrogens is 3. The first-order valence-electron chi connectivity index (χ1n) is 14.4. The molecule has 9 nitrogen and oxygen atoms in total. The molecular formula is C30H35ClFN7O2S. The third-order valence-electron chi connectivity index (χ3n) is 8.90. The van der Waals surface area contributed by atoms with Gasteiger partial charge in [0.2, 0.25) is 5.91 Å². The van der Waals surface area contributed by atoms with Crippen LogP contribution in [0.1, 0.15) is 32.1 Å². The molecule has 0 unspecified atom stereocenters. The molecular weight excluding hydrogens is 577 g/mol. The highest BCUT2D eigenvalue weighted by molar-refractivity contribution is 7.99. The molecule has 1 amide bonds. The van der Waals surface area contributed by atoms with E-state index in [0.29, 0.717) is 50.3 Å². The first-order chi connectivity index (χ1) is 20.3. The number of hydrogen-bond acceptors (Lipinski definition) is 9. The zero-order chi connectivity index (χ0) is 29.3. The fourth-order valence-electron chi connectivity index (χ4n) is 6.13. The molecule has 2 saturated carbocycles. The van der Waals surface area contributed by atoms with Crippen molar-refractivity contribution in [2.75, 3.05) is 49.7 Å². The summed E-state index contributed by atoms with van der Waals surface area (Å²) in [6.07, 6.45) is 7.25. The minimum Gasteiger partial charge on any atom is -0.396 e. The molecule has 0 radical (unpaired) electrons. The molecule has 3 heterocycles. The third-order valence-corrected chi connectivity index (χ3v) is 10.1. The van der Waals surface area contributed by atoms with E-state index in [1.165, 1.54) is 49.2 Å². The molecule has 0 bridgehead atoms. The number of benzene rings is 1. The lowest BCUT2D eigenvalue weighted by Gasteiger charge is -2.57. The maximum absolute atomic E-state index is 14.6. The van der Waals surface area contributed by atoms with Crippen molar-refractivity contribution in [3.8, 4) is 11.3 Å². The van der Waals surface area contributed by atoms with Gasteiger partial charge in [-0.3, -0.25) is 14.6 Å². The number of piperazine rings is 1. The molecule has 0 atom stereocenters. The lowest BCUT2D eigenvalue weighted by molar-refractivity contribution is -0.126. The Kier molecular flexibility index (Phi) is 8.65. The SMILES string of the molecule is CN1CCN(C2CC(C(=O)Nc3cc(Nc4cc(-c5cc(Cl)ccc5F)nnc4SCCO)ccn3)C2)CC12CCC2. The molecule has 6 rings (SSSR count). The van der Waals surface area contributed by atoms with Crippen molar-refractivity contribution in [1.29, 1.82) is 0 Å². The van der Waals surface area contributed by atoms with Crippen molar-refractivity contribution >= 4 is 46.5 Å². The minimum atomic E-state index is -0.460. The Morgan fingerprint density at radius 1 is 1.19 bits per heavy atom. The number of anilines is 3. The summed E-state index contributed by atoms with van der Waals surface area (Å²) in [6, 6.07) is 9.98. The van der Waals surface area contributed by atoms with E-state index in [4.69, 9.17) is 11.6 Å². The second-order valence-corrected chi connectivity index (χ2v) is 13.0. The summed E-state index contributed by atoms with van der Waals surface area (Å²) in [5.41, 5.74) is 2.16. The molecule has 222 valence electrons. The average molecular weight is 612 g/mol. The Labute approximate surface area is 254 Å². The summed E-state index contributed by atoms with van der Waals surface area (Å²) < 4.78 is 14.6. The number of hydrogen-bond donors (Lipinski definition) is 3. The van der Waals surface area contributed by atoms with Crippen molar-refractivity contribution in [2.24, 2.45) is 5.92 Å². The molecule has 3 N–H and O–H groups in total. The molecule has 42 heavy (non-hydrogen) atoms. The predicted molar refractivity (Wildman–Crippen MR) is 164 cm³/mol. The molecule has 3 aromatic rings. The number of halogens is 2. The number of carbonyl (C=O) groups is 1. The van der Waals surface area contributed by atoms with Crippen LogP contribution in [0.25, 0.3) is 11.3 Å². The number of thioether (sulfide) groups is 1.